The molecule has 0 atom stereocenters. The minimum atomic E-state index is -0.469. The highest BCUT2D eigenvalue weighted by atomic mass is 19.1. The van der Waals surface area contributed by atoms with Gasteiger partial charge in [0, 0.05) is 0 Å². The van der Waals surface area contributed by atoms with Crippen molar-refractivity contribution >= 4 is 0 Å². The summed E-state index contributed by atoms with van der Waals surface area (Å²) in [6.07, 6.45) is 0. The van der Waals surface area contributed by atoms with Gasteiger partial charge >= 0.3 is 0 Å². The molecular weight excluding hydrogens is 286 g/mol. The summed E-state index contributed by atoms with van der Waals surface area (Å²) < 4.78 is 37.7. The predicted molar refractivity (Wildman–Crippen MR) is 82.0 cm³/mol. The van der Waals surface area contributed by atoms with Crippen LogP contribution >= 0.6 is 0 Å². The molecule has 0 unspecified atom stereocenters. The molecule has 0 saturated carbocycles. The Balaban J connectivity index is 2.05. The third kappa shape index (κ3) is 5.11. The molecule has 2 nitrogen and oxygen atoms in total. The molecule has 0 aromatic heterocycles. The third-order valence-electron chi connectivity index (χ3n) is 2.84. The first kappa shape index (κ1) is 16.4. The largest absolute Gasteiger partial charge is 0.454 e. The number of hydrogen-bond donors (Lipinski definition) is 0. The van der Waals surface area contributed by atoms with Crippen LogP contribution in [0.15, 0.2) is 42.5 Å². The molecule has 2 aromatic carbocycles. The second-order valence-corrected chi connectivity index (χ2v) is 6.37. The van der Waals surface area contributed by atoms with Gasteiger partial charge in [-0.1, -0.05) is 26.8 Å². The van der Waals surface area contributed by atoms with Gasteiger partial charge in [0.1, 0.15) is 11.6 Å². The van der Waals surface area contributed by atoms with E-state index in [1.165, 1.54) is 30.3 Å². The van der Waals surface area contributed by atoms with Crippen molar-refractivity contribution in [2.75, 3.05) is 6.61 Å². The summed E-state index contributed by atoms with van der Waals surface area (Å²) in [5.41, 5.74) is 0.899. The Morgan fingerprint density at radius 1 is 0.955 bits per heavy atom. The van der Waals surface area contributed by atoms with E-state index in [9.17, 15) is 8.78 Å². The van der Waals surface area contributed by atoms with Crippen molar-refractivity contribution in [1.82, 2.24) is 0 Å². The van der Waals surface area contributed by atoms with Crippen LogP contribution < -0.4 is 4.74 Å². The zero-order valence-electron chi connectivity index (χ0n) is 13.0. The smallest absolute Gasteiger partial charge is 0.165 e. The fraction of sp³-hybridized carbons (Fsp3) is 0.333. The molecule has 0 aliphatic heterocycles. The maximum absolute atomic E-state index is 13.8. The lowest BCUT2D eigenvalue weighted by molar-refractivity contribution is 0.0598. The Labute approximate surface area is 129 Å². The summed E-state index contributed by atoms with van der Waals surface area (Å²) in [6, 6.07) is 10.0. The zero-order valence-corrected chi connectivity index (χ0v) is 13.0. The van der Waals surface area contributed by atoms with Crippen LogP contribution in [0.3, 0.4) is 0 Å². The van der Waals surface area contributed by atoms with Crippen LogP contribution in [-0.4, -0.2) is 6.61 Å². The summed E-state index contributed by atoms with van der Waals surface area (Å²) in [5.74, 6) is -0.349. The second kappa shape index (κ2) is 6.88. The Bertz CT molecular complexity index is 616. The van der Waals surface area contributed by atoms with Gasteiger partial charge < -0.3 is 9.47 Å². The summed E-state index contributed by atoms with van der Waals surface area (Å²) in [5, 5.41) is 0. The van der Waals surface area contributed by atoms with Crippen LogP contribution in [0.25, 0.3) is 0 Å². The number of ether oxygens (including phenoxy) is 2. The second-order valence-electron chi connectivity index (χ2n) is 6.37. The Hall–Kier alpha value is -1.94. The molecule has 0 heterocycles. The lowest BCUT2D eigenvalue weighted by atomic mass is 9.99. The van der Waals surface area contributed by atoms with E-state index in [2.05, 4.69) is 20.8 Å². The van der Waals surface area contributed by atoms with Gasteiger partial charge in [-0.05, 0) is 47.4 Å². The molecule has 0 bridgehead atoms. The van der Waals surface area contributed by atoms with E-state index in [1.807, 2.05) is 0 Å². The van der Waals surface area contributed by atoms with Crippen molar-refractivity contribution in [3.05, 3.63) is 59.7 Å². The maximum Gasteiger partial charge on any atom is 0.165 e. The highest BCUT2D eigenvalue weighted by Crippen LogP contribution is 2.26. The molecule has 4 heteroatoms. The van der Waals surface area contributed by atoms with E-state index in [0.29, 0.717) is 19.0 Å². The van der Waals surface area contributed by atoms with Crippen molar-refractivity contribution in [1.29, 1.82) is 0 Å². The highest BCUT2D eigenvalue weighted by Gasteiger charge is 2.11. The van der Waals surface area contributed by atoms with Gasteiger partial charge in [-0.15, -0.1) is 0 Å². The Kier molecular flexibility index (Phi) is 5.14. The van der Waals surface area contributed by atoms with E-state index in [-0.39, 0.29) is 17.0 Å². The minimum absolute atomic E-state index is 0.0769. The van der Waals surface area contributed by atoms with Crippen molar-refractivity contribution < 1.29 is 18.3 Å². The zero-order chi connectivity index (χ0) is 16.2. The molecule has 0 N–H and O–H groups in total. The van der Waals surface area contributed by atoms with Crippen LogP contribution in [0.4, 0.5) is 8.78 Å². The van der Waals surface area contributed by atoms with Crippen LogP contribution in [0.2, 0.25) is 0 Å². The van der Waals surface area contributed by atoms with Gasteiger partial charge in [0.2, 0.25) is 0 Å². The highest BCUT2D eigenvalue weighted by molar-refractivity contribution is 5.35. The van der Waals surface area contributed by atoms with Gasteiger partial charge in [-0.3, -0.25) is 0 Å². The molecule has 118 valence electrons. The van der Waals surface area contributed by atoms with Crippen molar-refractivity contribution in [3.8, 4) is 11.5 Å². The lowest BCUT2D eigenvalue weighted by Crippen LogP contribution is -2.14. The molecule has 2 rings (SSSR count). The van der Waals surface area contributed by atoms with Gasteiger partial charge in [0.25, 0.3) is 0 Å². The van der Waals surface area contributed by atoms with Crippen LogP contribution in [0, 0.1) is 17.0 Å². The summed E-state index contributed by atoms with van der Waals surface area (Å²) >= 11 is 0. The number of benzene rings is 2. The summed E-state index contributed by atoms with van der Waals surface area (Å²) in [4.78, 5) is 0. The van der Waals surface area contributed by atoms with Crippen molar-refractivity contribution in [2.45, 2.75) is 27.4 Å². The Morgan fingerprint density at radius 2 is 1.64 bits per heavy atom. The van der Waals surface area contributed by atoms with Crippen LogP contribution in [0.5, 0.6) is 11.5 Å². The standard InChI is InChI=1S/C18H20F2O2/c1-18(2,3)12-21-11-13-4-9-16(20)17(10-13)22-15-7-5-14(19)6-8-15/h4-10H,11-12H2,1-3H3. The molecule has 0 spiro atoms. The van der Waals surface area contributed by atoms with Gasteiger partial charge in [-0.2, -0.15) is 0 Å². The molecular formula is C18H20F2O2. The Morgan fingerprint density at radius 3 is 2.27 bits per heavy atom. The minimum Gasteiger partial charge on any atom is -0.454 e. The average Bonchev–Trinajstić information content (AvgIpc) is 2.43. The van der Waals surface area contributed by atoms with Crippen LogP contribution in [0.1, 0.15) is 26.3 Å². The van der Waals surface area contributed by atoms with Gasteiger partial charge in [0.15, 0.2) is 11.6 Å². The normalized spacial score (nSPS) is 11.5. The summed E-state index contributed by atoms with van der Waals surface area (Å²) in [7, 11) is 0. The molecule has 0 aliphatic carbocycles. The van der Waals surface area contributed by atoms with Gasteiger partial charge in [0.05, 0.1) is 13.2 Å². The molecule has 2 aromatic rings. The molecule has 0 saturated heterocycles. The molecule has 0 aliphatic rings. The topological polar surface area (TPSA) is 18.5 Å². The van der Waals surface area contributed by atoms with Crippen LogP contribution in [-0.2, 0) is 11.3 Å². The van der Waals surface area contributed by atoms with E-state index in [4.69, 9.17) is 9.47 Å². The maximum atomic E-state index is 13.8. The van der Waals surface area contributed by atoms with Crippen molar-refractivity contribution in [3.63, 3.8) is 0 Å². The molecule has 22 heavy (non-hydrogen) atoms. The fourth-order valence-electron chi connectivity index (χ4n) is 1.82. The molecule has 0 fully saturated rings. The number of hydrogen-bond acceptors (Lipinski definition) is 2. The van der Waals surface area contributed by atoms with Gasteiger partial charge in [-0.25, -0.2) is 8.78 Å². The lowest BCUT2D eigenvalue weighted by Gasteiger charge is -2.18. The first-order chi connectivity index (χ1) is 10.3. The third-order valence-corrected chi connectivity index (χ3v) is 2.84. The quantitative estimate of drug-likeness (QED) is 0.744. The monoisotopic (exact) mass is 306 g/mol. The van der Waals surface area contributed by atoms with E-state index < -0.39 is 5.82 Å². The predicted octanol–water partition coefficient (Wildman–Crippen LogP) is 5.32. The molecule has 0 amide bonds. The van der Waals surface area contributed by atoms with E-state index in [0.717, 1.165) is 5.56 Å². The number of halogens is 2. The average molecular weight is 306 g/mol. The SMILES string of the molecule is CC(C)(C)COCc1ccc(F)c(Oc2ccc(F)cc2)c1. The fourth-order valence-corrected chi connectivity index (χ4v) is 1.82. The first-order valence-electron chi connectivity index (χ1n) is 7.13. The number of rotatable bonds is 5. The van der Waals surface area contributed by atoms with E-state index >= 15 is 0 Å². The molecule has 0 radical (unpaired) electrons. The summed E-state index contributed by atoms with van der Waals surface area (Å²) in [6.45, 7) is 7.25. The first-order valence-corrected chi connectivity index (χ1v) is 7.13. The van der Waals surface area contributed by atoms with Crippen molar-refractivity contribution in [2.24, 2.45) is 5.41 Å². The van der Waals surface area contributed by atoms with E-state index in [1.54, 1.807) is 12.1 Å².